The summed E-state index contributed by atoms with van der Waals surface area (Å²) in [7, 11) is 0. The van der Waals surface area contributed by atoms with Gasteiger partial charge in [-0.15, -0.1) is 0 Å². The van der Waals surface area contributed by atoms with Crippen molar-refractivity contribution in [3.8, 4) is 0 Å². The van der Waals surface area contributed by atoms with Crippen LogP contribution >= 0.6 is 0 Å². The SMILES string of the molecule is CCN(CC)CCOC1(c2ccc(C)cc2)c2ccccc2C(C)(C)N1c1ccccc1. The van der Waals surface area contributed by atoms with E-state index in [4.69, 9.17) is 4.74 Å². The molecule has 3 aromatic carbocycles. The quantitative estimate of drug-likeness (QED) is 0.418. The Morgan fingerprint density at radius 2 is 1.38 bits per heavy atom. The third kappa shape index (κ3) is 3.74. The molecule has 0 amide bonds. The van der Waals surface area contributed by atoms with Crippen LogP contribution in [0, 0.1) is 6.92 Å². The van der Waals surface area contributed by atoms with Gasteiger partial charge in [0, 0.05) is 23.4 Å². The molecule has 0 aromatic heterocycles. The second kappa shape index (κ2) is 9.09. The van der Waals surface area contributed by atoms with Crippen molar-refractivity contribution in [3.05, 3.63) is 101 Å². The number of fused-ring (bicyclic) bond motifs is 1. The first-order chi connectivity index (χ1) is 15.4. The highest BCUT2D eigenvalue weighted by atomic mass is 16.5. The van der Waals surface area contributed by atoms with Gasteiger partial charge in [-0.2, -0.15) is 0 Å². The molecule has 1 heterocycles. The summed E-state index contributed by atoms with van der Waals surface area (Å²) in [5.74, 6) is 0. The minimum absolute atomic E-state index is 0.238. The highest BCUT2D eigenvalue weighted by molar-refractivity contribution is 5.65. The van der Waals surface area contributed by atoms with Gasteiger partial charge >= 0.3 is 0 Å². The highest BCUT2D eigenvalue weighted by Crippen LogP contribution is 2.55. The molecule has 0 fully saturated rings. The van der Waals surface area contributed by atoms with Gasteiger partial charge in [0.25, 0.3) is 0 Å². The molecule has 32 heavy (non-hydrogen) atoms. The smallest absolute Gasteiger partial charge is 0.195 e. The van der Waals surface area contributed by atoms with Crippen LogP contribution < -0.4 is 4.90 Å². The molecule has 0 spiro atoms. The number of aryl methyl sites for hydroxylation is 1. The van der Waals surface area contributed by atoms with E-state index < -0.39 is 5.72 Å². The Balaban J connectivity index is 1.92. The van der Waals surface area contributed by atoms with Gasteiger partial charge in [-0.3, -0.25) is 0 Å². The summed E-state index contributed by atoms with van der Waals surface area (Å²) in [6, 6.07) is 28.4. The maximum Gasteiger partial charge on any atom is 0.195 e. The fourth-order valence-electron chi connectivity index (χ4n) is 5.18. The predicted octanol–water partition coefficient (Wildman–Crippen LogP) is 6.31. The van der Waals surface area contributed by atoms with E-state index in [0.29, 0.717) is 6.61 Å². The Kier molecular flexibility index (Phi) is 6.41. The molecule has 3 aromatic rings. The monoisotopic (exact) mass is 428 g/mol. The van der Waals surface area contributed by atoms with Gasteiger partial charge in [0.1, 0.15) is 0 Å². The Bertz CT molecular complexity index is 1020. The minimum Gasteiger partial charge on any atom is -0.346 e. The number of likely N-dealkylation sites (N-methyl/N-ethyl adjacent to an activating group) is 1. The number of anilines is 1. The summed E-state index contributed by atoms with van der Waals surface area (Å²) >= 11 is 0. The normalized spacial score (nSPS) is 19.4. The lowest BCUT2D eigenvalue weighted by Gasteiger charge is -2.46. The lowest BCUT2D eigenvalue weighted by molar-refractivity contribution is -0.0308. The predicted molar refractivity (Wildman–Crippen MR) is 134 cm³/mol. The van der Waals surface area contributed by atoms with Crippen molar-refractivity contribution in [3.63, 3.8) is 0 Å². The standard InChI is InChI=1S/C29H36N2O/c1-6-30(7-2)21-22-32-29(24-19-17-23(3)18-20-24)27-16-12-11-15-26(27)28(4,5)31(29)25-13-9-8-10-14-25/h8-20H,6-7,21-22H2,1-5H3. The van der Waals surface area contributed by atoms with Crippen LogP contribution in [-0.4, -0.2) is 31.1 Å². The third-order valence-electron chi connectivity index (χ3n) is 6.90. The molecule has 0 bridgehead atoms. The van der Waals surface area contributed by atoms with Crippen molar-refractivity contribution in [2.75, 3.05) is 31.1 Å². The second-order valence-corrected chi connectivity index (χ2v) is 9.16. The molecule has 1 unspecified atom stereocenters. The average molecular weight is 429 g/mol. The molecule has 1 atom stereocenters. The summed E-state index contributed by atoms with van der Waals surface area (Å²) in [6.45, 7) is 14.8. The molecule has 4 rings (SSSR count). The Hall–Kier alpha value is -2.62. The van der Waals surface area contributed by atoms with Crippen molar-refractivity contribution in [1.29, 1.82) is 0 Å². The Morgan fingerprint density at radius 3 is 2.00 bits per heavy atom. The van der Waals surface area contributed by atoms with Crippen molar-refractivity contribution < 1.29 is 4.74 Å². The fourth-order valence-corrected chi connectivity index (χ4v) is 5.18. The second-order valence-electron chi connectivity index (χ2n) is 9.16. The first kappa shape index (κ1) is 22.6. The topological polar surface area (TPSA) is 15.7 Å². The van der Waals surface area contributed by atoms with Crippen LogP contribution in [0.15, 0.2) is 78.9 Å². The summed E-state index contributed by atoms with van der Waals surface area (Å²) in [6.07, 6.45) is 0. The van der Waals surface area contributed by atoms with Crippen LogP contribution in [0.25, 0.3) is 0 Å². The van der Waals surface area contributed by atoms with Gasteiger partial charge in [0.2, 0.25) is 0 Å². The molecule has 0 saturated heterocycles. The first-order valence-corrected chi connectivity index (χ1v) is 11.8. The van der Waals surface area contributed by atoms with Crippen molar-refractivity contribution in [2.45, 2.75) is 45.9 Å². The van der Waals surface area contributed by atoms with Gasteiger partial charge in [-0.25, -0.2) is 0 Å². The summed E-state index contributed by atoms with van der Waals surface area (Å²) in [5.41, 5.74) is 5.20. The number of benzene rings is 3. The maximum absolute atomic E-state index is 7.06. The van der Waals surface area contributed by atoms with Gasteiger partial charge in [-0.05, 0) is 51.6 Å². The lowest BCUT2D eigenvalue weighted by atomic mass is 9.90. The number of para-hydroxylation sites is 1. The van der Waals surface area contributed by atoms with Crippen LogP contribution in [0.3, 0.4) is 0 Å². The molecule has 0 N–H and O–H groups in total. The van der Waals surface area contributed by atoms with Gasteiger partial charge in [0.05, 0.1) is 12.1 Å². The largest absolute Gasteiger partial charge is 0.346 e. The van der Waals surface area contributed by atoms with Crippen molar-refractivity contribution >= 4 is 5.69 Å². The zero-order valence-electron chi connectivity index (χ0n) is 20.1. The summed E-state index contributed by atoms with van der Waals surface area (Å²) in [4.78, 5) is 4.90. The fraction of sp³-hybridized carbons (Fsp3) is 0.379. The van der Waals surface area contributed by atoms with E-state index >= 15 is 0 Å². The molecular weight excluding hydrogens is 392 g/mol. The van der Waals surface area contributed by atoms with E-state index in [2.05, 4.69) is 123 Å². The summed E-state index contributed by atoms with van der Waals surface area (Å²) < 4.78 is 7.06. The highest BCUT2D eigenvalue weighted by Gasteiger charge is 2.56. The molecule has 0 saturated carbocycles. The van der Waals surface area contributed by atoms with Crippen LogP contribution in [0.2, 0.25) is 0 Å². The lowest BCUT2D eigenvalue weighted by Crippen LogP contribution is -2.52. The van der Waals surface area contributed by atoms with E-state index in [1.807, 2.05) is 0 Å². The molecular formula is C29H36N2O. The number of hydrogen-bond donors (Lipinski definition) is 0. The van der Waals surface area contributed by atoms with Gasteiger partial charge in [0.15, 0.2) is 5.72 Å². The van der Waals surface area contributed by atoms with Gasteiger partial charge in [-0.1, -0.05) is 86.1 Å². The van der Waals surface area contributed by atoms with Gasteiger partial charge < -0.3 is 14.5 Å². The molecule has 168 valence electrons. The number of rotatable bonds is 8. The van der Waals surface area contributed by atoms with Crippen molar-refractivity contribution in [2.24, 2.45) is 0 Å². The molecule has 1 aliphatic heterocycles. The number of nitrogens with zero attached hydrogens (tertiary/aromatic N) is 2. The number of hydrogen-bond acceptors (Lipinski definition) is 3. The van der Waals surface area contributed by atoms with Crippen LogP contribution in [0.1, 0.15) is 49.9 Å². The first-order valence-electron chi connectivity index (χ1n) is 11.8. The average Bonchev–Trinajstić information content (AvgIpc) is 3.02. The van der Waals surface area contributed by atoms with E-state index in [-0.39, 0.29) is 5.54 Å². The zero-order valence-corrected chi connectivity index (χ0v) is 20.1. The van der Waals surface area contributed by atoms with E-state index in [1.165, 1.54) is 22.3 Å². The van der Waals surface area contributed by atoms with E-state index in [1.54, 1.807) is 0 Å². The van der Waals surface area contributed by atoms with Crippen LogP contribution in [0.5, 0.6) is 0 Å². The van der Waals surface area contributed by atoms with Crippen molar-refractivity contribution in [1.82, 2.24) is 4.90 Å². The molecule has 3 heteroatoms. The summed E-state index contributed by atoms with van der Waals surface area (Å²) in [5, 5.41) is 0. The van der Waals surface area contributed by atoms with Crippen LogP contribution in [-0.2, 0) is 16.0 Å². The zero-order chi connectivity index (χ0) is 22.8. The van der Waals surface area contributed by atoms with E-state index in [0.717, 1.165) is 25.3 Å². The maximum atomic E-state index is 7.06. The molecule has 3 nitrogen and oxygen atoms in total. The molecule has 1 aliphatic rings. The third-order valence-corrected chi connectivity index (χ3v) is 6.90. The van der Waals surface area contributed by atoms with E-state index in [9.17, 15) is 0 Å². The minimum atomic E-state index is -0.692. The van der Waals surface area contributed by atoms with Crippen LogP contribution in [0.4, 0.5) is 5.69 Å². The molecule has 0 aliphatic carbocycles. The Labute approximate surface area is 193 Å². The Morgan fingerprint density at radius 1 is 0.781 bits per heavy atom. The molecule has 0 radical (unpaired) electrons. The number of ether oxygens (including phenoxy) is 1.